The van der Waals surface area contributed by atoms with Gasteiger partial charge in [0.25, 0.3) is 0 Å². The Kier molecular flexibility index (Phi) is 3.85. The highest BCUT2D eigenvalue weighted by Gasteiger charge is 2.37. The summed E-state index contributed by atoms with van der Waals surface area (Å²) in [5, 5.41) is 9.27. The van der Waals surface area contributed by atoms with Crippen LogP contribution in [0.1, 0.15) is 19.4 Å². The summed E-state index contributed by atoms with van der Waals surface area (Å²) in [7, 11) is 0. The second-order valence-electron chi connectivity index (χ2n) is 5.12. The van der Waals surface area contributed by atoms with Crippen molar-refractivity contribution >= 4 is 27.3 Å². The summed E-state index contributed by atoms with van der Waals surface area (Å²) in [6, 6.07) is 5.83. The first-order valence-corrected chi connectivity index (χ1v) is 7.39. The fourth-order valence-electron chi connectivity index (χ4n) is 1.87. The SMILES string of the molecule is CC(C)(CO)CN1Cc2cc(Br)ccc2[S+]1[O-]. The van der Waals surface area contributed by atoms with Gasteiger partial charge in [-0.1, -0.05) is 29.8 Å². The molecule has 1 atom stereocenters. The van der Waals surface area contributed by atoms with Gasteiger partial charge < -0.3 is 9.66 Å². The zero-order valence-corrected chi connectivity index (χ0v) is 12.3. The third-order valence-corrected chi connectivity index (χ3v) is 4.82. The molecule has 3 nitrogen and oxygen atoms in total. The molecule has 1 aliphatic rings. The molecule has 94 valence electrons. The maximum atomic E-state index is 12.2. The normalized spacial score (nSPS) is 20.6. The lowest BCUT2D eigenvalue weighted by Gasteiger charge is -2.27. The fourth-order valence-corrected chi connectivity index (χ4v) is 3.81. The Morgan fingerprint density at radius 1 is 1.53 bits per heavy atom. The van der Waals surface area contributed by atoms with E-state index >= 15 is 0 Å². The highest BCUT2D eigenvalue weighted by molar-refractivity contribution is 9.10. The molecular formula is C12H16BrNO2S. The number of halogens is 1. The van der Waals surface area contributed by atoms with Crippen molar-refractivity contribution in [2.24, 2.45) is 5.41 Å². The average Bonchev–Trinajstić information content (AvgIpc) is 2.55. The zero-order valence-electron chi connectivity index (χ0n) is 9.94. The van der Waals surface area contributed by atoms with Gasteiger partial charge in [-0.15, -0.1) is 4.31 Å². The monoisotopic (exact) mass is 317 g/mol. The number of fused-ring (bicyclic) bond motifs is 1. The van der Waals surface area contributed by atoms with Crippen molar-refractivity contribution in [2.45, 2.75) is 25.3 Å². The van der Waals surface area contributed by atoms with Gasteiger partial charge in [-0.3, -0.25) is 0 Å². The van der Waals surface area contributed by atoms with E-state index in [0.717, 1.165) is 14.9 Å². The number of aliphatic hydroxyl groups excluding tert-OH is 1. The van der Waals surface area contributed by atoms with Crippen LogP contribution < -0.4 is 0 Å². The second kappa shape index (κ2) is 4.90. The third kappa shape index (κ3) is 2.85. The Morgan fingerprint density at radius 3 is 2.88 bits per heavy atom. The molecule has 1 aromatic carbocycles. The van der Waals surface area contributed by atoms with E-state index in [1.165, 1.54) is 0 Å². The predicted octanol–water partition coefficient (Wildman–Crippen LogP) is 2.31. The van der Waals surface area contributed by atoms with Crippen LogP contribution in [-0.4, -0.2) is 27.1 Å². The van der Waals surface area contributed by atoms with Gasteiger partial charge >= 0.3 is 0 Å². The van der Waals surface area contributed by atoms with Crippen molar-refractivity contribution < 1.29 is 9.66 Å². The van der Waals surface area contributed by atoms with Gasteiger partial charge in [0.15, 0.2) is 4.90 Å². The zero-order chi connectivity index (χ0) is 12.6. The summed E-state index contributed by atoms with van der Waals surface area (Å²) in [6.07, 6.45) is 0. The molecule has 0 amide bonds. The molecule has 0 fully saturated rings. The summed E-state index contributed by atoms with van der Waals surface area (Å²) in [5.41, 5.74) is 0.876. The van der Waals surface area contributed by atoms with Gasteiger partial charge in [-0.2, -0.15) is 0 Å². The van der Waals surface area contributed by atoms with Crippen molar-refractivity contribution in [1.29, 1.82) is 0 Å². The van der Waals surface area contributed by atoms with Crippen LogP contribution in [0.2, 0.25) is 0 Å². The molecule has 0 spiro atoms. The predicted molar refractivity (Wildman–Crippen MR) is 71.8 cm³/mol. The van der Waals surface area contributed by atoms with Crippen LogP contribution in [0, 0.1) is 5.41 Å². The van der Waals surface area contributed by atoms with E-state index < -0.39 is 11.4 Å². The molecule has 1 unspecified atom stereocenters. The number of benzene rings is 1. The van der Waals surface area contributed by atoms with Gasteiger partial charge in [0, 0.05) is 22.1 Å². The van der Waals surface area contributed by atoms with Gasteiger partial charge in [0.05, 0.1) is 24.5 Å². The van der Waals surface area contributed by atoms with E-state index in [0.29, 0.717) is 13.1 Å². The molecular weight excluding hydrogens is 302 g/mol. The Balaban J connectivity index is 2.17. The van der Waals surface area contributed by atoms with E-state index in [1.807, 2.05) is 36.4 Å². The molecule has 2 rings (SSSR count). The molecule has 0 saturated carbocycles. The quantitative estimate of drug-likeness (QED) is 0.870. The lowest BCUT2D eigenvalue weighted by atomic mass is 9.95. The minimum Gasteiger partial charge on any atom is -0.593 e. The van der Waals surface area contributed by atoms with E-state index in [1.54, 1.807) is 0 Å². The summed E-state index contributed by atoms with van der Waals surface area (Å²) in [5.74, 6) is 0. The van der Waals surface area contributed by atoms with Crippen LogP contribution in [0.5, 0.6) is 0 Å². The molecule has 0 radical (unpaired) electrons. The number of rotatable bonds is 3. The first-order chi connectivity index (χ1) is 7.93. The Hall–Kier alpha value is -0.0700. The first kappa shape index (κ1) is 13.4. The van der Waals surface area contributed by atoms with E-state index in [2.05, 4.69) is 15.9 Å². The smallest absolute Gasteiger partial charge is 0.178 e. The van der Waals surface area contributed by atoms with Crippen molar-refractivity contribution in [3.05, 3.63) is 28.2 Å². The molecule has 5 heteroatoms. The summed E-state index contributed by atoms with van der Waals surface area (Å²) in [6.45, 7) is 5.36. The number of aliphatic hydroxyl groups is 1. The standard InChI is InChI=1S/C12H16BrNO2S/c1-12(2,8-15)7-14-6-9-5-10(13)3-4-11(9)17(14)16/h3-5,15H,6-8H2,1-2H3. The Labute approximate surface area is 113 Å². The highest BCUT2D eigenvalue weighted by atomic mass is 79.9. The molecule has 0 saturated heterocycles. The van der Waals surface area contributed by atoms with Crippen molar-refractivity contribution in [1.82, 2.24) is 4.31 Å². The average molecular weight is 318 g/mol. The van der Waals surface area contributed by atoms with Crippen LogP contribution in [0.3, 0.4) is 0 Å². The topological polar surface area (TPSA) is 46.5 Å². The van der Waals surface area contributed by atoms with Gasteiger partial charge in [0.2, 0.25) is 0 Å². The summed E-state index contributed by atoms with van der Waals surface area (Å²) < 4.78 is 15.2. The summed E-state index contributed by atoms with van der Waals surface area (Å²) >= 11 is 2.33. The maximum Gasteiger partial charge on any atom is 0.178 e. The lowest BCUT2D eigenvalue weighted by molar-refractivity contribution is 0.134. The highest BCUT2D eigenvalue weighted by Crippen LogP contribution is 2.34. The molecule has 0 aliphatic carbocycles. The Morgan fingerprint density at radius 2 is 2.24 bits per heavy atom. The summed E-state index contributed by atoms with van der Waals surface area (Å²) in [4.78, 5) is 0.891. The third-order valence-electron chi connectivity index (χ3n) is 2.82. The van der Waals surface area contributed by atoms with Crippen LogP contribution in [0.25, 0.3) is 0 Å². The van der Waals surface area contributed by atoms with Crippen molar-refractivity contribution in [2.75, 3.05) is 13.2 Å². The molecule has 0 aromatic heterocycles. The largest absolute Gasteiger partial charge is 0.593 e. The number of hydrogen-bond acceptors (Lipinski definition) is 3. The maximum absolute atomic E-state index is 12.2. The van der Waals surface area contributed by atoms with Gasteiger partial charge in [0.1, 0.15) is 0 Å². The van der Waals surface area contributed by atoms with Crippen LogP contribution >= 0.6 is 15.9 Å². The van der Waals surface area contributed by atoms with Crippen LogP contribution in [0.15, 0.2) is 27.6 Å². The molecule has 0 bridgehead atoms. The molecule has 1 N–H and O–H groups in total. The molecule has 1 aromatic rings. The van der Waals surface area contributed by atoms with E-state index in [9.17, 15) is 9.66 Å². The first-order valence-electron chi connectivity index (χ1n) is 5.49. The lowest BCUT2D eigenvalue weighted by Crippen LogP contribution is -2.36. The molecule has 1 heterocycles. The second-order valence-corrected chi connectivity index (χ2v) is 7.49. The minimum absolute atomic E-state index is 0.0980. The van der Waals surface area contributed by atoms with E-state index in [-0.39, 0.29) is 12.0 Å². The van der Waals surface area contributed by atoms with Crippen molar-refractivity contribution in [3.8, 4) is 0 Å². The van der Waals surface area contributed by atoms with Gasteiger partial charge in [-0.25, -0.2) is 0 Å². The van der Waals surface area contributed by atoms with Crippen molar-refractivity contribution in [3.63, 3.8) is 0 Å². The Bertz CT molecular complexity index is 425. The fraction of sp³-hybridized carbons (Fsp3) is 0.500. The van der Waals surface area contributed by atoms with E-state index in [4.69, 9.17) is 0 Å². The number of hydrogen-bond donors (Lipinski definition) is 1. The van der Waals surface area contributed by atoms with Crippen LogP contribution in [0.4, 0.5) is 0 Å². The van der Waals surface area contributed by atoms with Gasteiger partial charge in [-0.05, 0) is 18.2 Å². The number of nitrogens with zero attached hydrogens (tertiary/aromatic N) is 1. The molecule has 1 aliphatic heterocycles. The van der Waals surface area contributed by atoms with Crippen LogP contribution in [-0.2, 0) is 17.9 Å². The minimum atomic E-state index is -1.09. The molecule has 17 heavy (non-hydrogen) atoms.